The lowest BCUT2D eigenvalue weighted by Crippen LogP contribution is -2.45. The van der Waals surface area contributed by atoms with Crippen LogP contribution >= 0.6 is 12.4 Å². The number of rotatable bonds is 7. The minimum atomic E-state index is 0. The molecule has 1 aliphatic rings. The van der Waals surface area contributed by atoms with E-state index in [9.17, 15) is 0 Å². The molecule has 1 unspecified atom stereocenters. The Morgan fingerprint density at radius 3 is 2.67 bits per heavy atom. The molecule has 1 saturated heterocycles. The molecule has 0 saturated carbocycles. The highest BCUT2D eigenvalue weighted by Gasteiger charge is 2.24. The van der Waals surface area contributed by atoms with Crippen LogP contribution in [0.1, 0.15) is 22.7 Å². The summed E-state index contributed by atoms with van der Waals surface area (Å²) in [6, 6.07) is 14.6. The van der Waals surface area contributed by atoms with Crippen LogP contribution in [-0.2, 0) is 13.2 Å². The maximum absolute atomic E-state index is 6.05. The van der Waals surface area contributed by atoms with Crippen LogP contribution in [0.4, 0.5) is 0 Å². The third-order valence-electron chi connectivity index (χ3n) is 5.18. The van der Waals surface area contributed by atoms with Gasteiger partial charge in [-0.2, -0.15) is 0 Å². The molecule has 0 amide bonds. The molecule has 4 rings (SSSR count). The summed E-state index contributed by atoms with van der Waals surface area (Å²) in [7, 11) is 1.67. The molecule has 1 aromatic carbocycles. The topological polar surface area (TPSA) is 59.5 Å². The second-order valence-electron chi connectivity index (χ2n) is 7.11. The van der Waals surface area contributed by atoms with Crippen LogP contribution < -0.4 is 14.8 Å². The van der Waals surface area contributed by atoms with E-state index >= 15 is 0 Å². The van der Waals surface area contributed by atoms with E-state index in [0.717, 1.165) is 43.2 Å². The summed E-state index contributed by atoms with van der Waals surface area (Å²) >= 11 is 0. The number of hydrogen-bond donors (Lipinski definition) is 1. The van der Waals surface area contributed by atoms with Crippen molar-refractivity contribution in [2.24, 2.45) is 0 Å². The lowest BCUT2D eigenvalue weighted by molar-refractivity contribution is 0.153. The maximum atomic E-state index is 6.05. The van der Waals surface area contributed by atoms with Crippen molar-refractivity contribution < 1.29 is 9.47 Å². The van der Waals surface area contributed by atoms with E-state index in [-0.39, 0.29) is 12.4 Å². The first-order valence-corrected chi connectivity index (χ1v) is 9.87. The van der Waals surface area contributed by atoms with Crippen molar-refractivity contribution in [2.75, 3.05) is 26.7 Å². The van der Waals surface area contributed by atoms with Gasteiger partial charge >= 0.3 is 0 Å². The molecular formula is C23H27ClN4O2. The number of methoxy groups -OCH3 is 1. The normalized spacial score (nSPS) is 16.5. The van der Waals surface area contributed by atoms with Crippen molar-refractivity contribution in [3.05, 3.63) is 83.9 Å². The summed E-state index contributed by atoms with van der Waals surface area (Å²) in [4.78, 5) is 10.8. The lowest BCUT2D eigenvalue weighted by atomic mass is 10.0. The van der Waals surface area contributed by atoms with Gasteiger partial charge in [0.05, 0.1) is 7.11 Å². The number of halogens is 1. The molecule has 1 aliphatic heterocycles. The molecule has 6 nitrogen and oxygen atoms in total. The van der Waals surface area contributed by atoms with Crippen LogP contribution in [0.5, 0.6) is 11.5 Å². The molecule has 158 valence electrons. The van der Waals surface area contributed by atoms with Gasteiger partial charge in [0, 0.05) is 62.6 Å². The van der Waals surface area contributed by atoms with Crippen molar-refractivity contribution in [1.82, 2.24) is 20.2 Å². The minimum absolute atomic E-state index is 0. The summed E-state index contributed by atoms with van der Waals surface area (Å²) in [5.74, 6) is 1.49. The van der Waals surface area contributed by atoms with Gasteiger partial charge in [0.25, 0.3) is 0 Å². The summed E-state index contributed by atoms with van der Waals surface area (Å²) in [6.45, 7) is 4.22. The van der Waals surface area contributed by atoms with Gasteiger partial charge in [0.2, 0.25) is 0 Å². The molecule has 0 radical (unpaired) electrons. The quantitative estimate of drug-likeness (QED) is 0.622. The third kappa shape index (κ3) is 5.48. The average Bonchev–Trinajstić information content (AvgIpc) is 2.79. The van der Waals surface area contributed by atoms with E-state index in [1.165, 1.54) is 11.1 Å². The Kier molecular flexibility index (Phi) is 8.02. The minimum Gasteiger partial charge on any atom is -0.493 e. The number of pyridine rings is 2. The van der Waals surface area contributed by atoms with Crippen molar-refractivity contribution in [1.29, 1.82) is 0 Å². The molecule has 0 aliphatic carbocycles. The van der Waals surface area contributed by atoms with Gasteiger partial charge < -0.3 is 14.8 Å². The molecule has 1 N–H and O–H groups in total. The average molecular weight is 427 g/mol. The van der Waals surface area contributed by atoms with Crippen molar-refractivity contribution in [2.45, 2.75) is 19.2 Å². The zero-order chi connectivity index (χ0) is 19.9. The second-order valence-corrected chi connectivity index (χ2v) is 7.11. The zero-order valence-corrected chi connectivity index (χ0v) is 17.8. The van der Waals surface area contributed by atoms with E-state index in [1.54, 1.807) is 13.3 Å². The van der Waals surface area contributed by atoms with Gasteiger partial charge in [-0.05, 0) is 41.5 Å². The number of nitrogens with zero attached hydrogens (tertiary/aromatic N) is 3. The summed E-state index contributed by atoms with van der Waals surface area (Å²) in [6.07, 6.45) is 7.30. The van der Waals surface area contributed by atoms with Crippen LogP contribution in [0.25, 0.3) is 0 Å². The molecule has 3 heterocycles. The fourth-order valence-electron chi connectivity index (χ4n) is 3.66. The molecule has 0 spiro atoms. The Hall–Kier alpha value is -2.67. The van der Waals surface area contributed by atoms with Crippen molar-refractivity contribution in [3.8, 4) is 11.5 Å². The molecular weight excluding hydrogens is 400 g/mol. The third-order valence-corrected chi connectivity index (χ3v) is 5.18. The van der Waals surface area contributed by atoms with Crippen LogP contribution in [0, 0.1) is 0 Å². The Balaban J connectivity index is 0.00000256. The standard InChI is InChI=1S/C23H26N4O2.ClH/c1-28-22-5-4-18(13-23(22)29-17-19-3-2-8-25-14-19)16-27-12-11-26-15-21(27)20-6-9-24-10-7-20;/h2-10,13-14,21,26H,11-12,15-17H2,1H3;1H. The molecule has 1 atom stereocenters. The van der Waals surface area contributed by atoms with E-state index in [2.05, 4.69) is 44.5 Å². The molecule has 2 aromatic heterocycles. The molecule has 3 aromatic rings. The highest BCUT2D eigenvalue weighted by Crippen LogP contribution is 2.31. The summed E-state index contributed by atoms with van der Waals surface area (Å²) in [5, 5.41) is 3.50. The highest BCUT2D eigenvalue weighted by molar-refractivity contribution is 5.85. The predicted octanol–water partition coefficient (Wildman–Crippen LogP) is 3.63. The van der Waals surface area contributed by atoms with E-state index in [1.807, 2.05) is 36.8 Å². The number of piperazine rings is 1. The lowest BCUT2D eigenvalue weighted by Gasteiger charge is -2.36. The van der Waals surface area contributed by atoms with Crippen LogP contribution in [0.2, 0.25) is 0 Å². The molecule has 7 heteroatoms. The summed E-state index contributed by atoms with van der Waals surface area (Å²) < 4.78 is 11.5. The molecule has 1 fully saturated rings. The van der Waals surface area contributed by atoms with E-state index in [0.29, 0.717) is 12.6 Å². The number of hydrogen-bond acceptors (Lipinski definition) is 6. The Bertz CT molecular complexity index is 912. The van der Waals surface area contributed by atoms with Crippen LogP contribution in [-0.4, -0.2) is 41.6 Å². The first-order chi connectivity index (χ1) is 14.3. The van der Waals surface area contributed by atoms with Crippen molar-refractivity contribution in [3.63, 3.8) is 0 Å². The predicted molar refractivity (Wildman–Crippen MR) is 119 cm³/mol. The van der Waals surface area contributed by atoms with E-state index < -0.39 is 0 Å². The first-order valence-electron chi connectivity index (χ1n) is 9.87. The smallest absolute Gasteiger partial charge is 0.161 e. The molecule has 30 heavy (non-hydrogen) atoms. The number of ether oxygens (including phenoxy) is 2. The highest BCUT2D eigenvalue weighted by atomic mass is 35.5. The first kappa shape index (κ1) is 22.0. The Morgan fingerprint density at radius 1 is 1.03 bits per heavy atom. The van der Waals surface area contributed by atoms with E-state index in [4.69, 9.17) is 9.47 Å². The van der Waals surface area contributed by atoms with Crippen LogP contribution in [0.15, 0.2) is 67.3 Å². The second kappa shape index (κ2) is 10.9. The SMILES string of the molecule is COc1ccc(CN2CCNCC2c2ccncc2)cc1OCc1cccnc1.Cl. The van der Waals surface area contributed by atoms with Gasteiger partial charge in [-0.15, -0.1) is 12.4 Å². The van der Waals surface area contributed by atoms with Gasteiger partial charge in [0.15, 0.2) is 11.5 Å². The van der Waals surface area contributed by atoms with Gasteiger partial charge in [-0.1, -0.05) is 12.1 Å². The number of nitrogens with one attached hydrogen (secondary N) is 1. The molecule has 0 bridgehead atoms. The van der Waals surface area contributed by atoms with Gasteiger partial charge in [-0.3, -0.25) is 14.9 Å². The van der Waals surface area contributed by atoms with Gasteiger partial charge in [-0.25, -0.2) is 0 Å². The Morgan fingerprint density at radius 2 is 1.90 bits per heavy atom. The van der Waals surface area contributed by atoms with Crippen molar-refractivity contribution >= 4 is 12.4 Å². The Labute approximate surface area is 183 Å². The van der Waals surface area contributed by atoms with Crippen LogP contribution in [0.3, 0.4) is 0 Å². The monoisotopic (exact) mass is 426 g/mol. The number of aromatic nitrogens is 2. The maximum Gasteiger partial charge on any atom is 0.161 e. The van der Waals surface area contributed by atoms with Gasteiger partial charge in [0.1, 0.15) is 6.61 Å². The fraction of sp³-hybridized carbons (Fsp3) is 0.304. The summed E-state index contributed by atoms with van der Waals surface area (Å²) in [5.41, 5.74) is 3.52. The number of benzene rings is 1. The zero-order valence-electron chi connectivity index (χ0n) is 17.0. The fourth-order valence-corrected chi connectivity index (χ4v) is 3.66. The largest absolute Gasteiger partial charge is 0.493 e.